The molecular formula is C16H14BrNOS. The molecule has 3 rings (SSSR count). The number of fused-ring (bicyclic) bond motifs is 1. The second kappa shape index (κ2) is 5.62. The van der Waals surface area contributed by atoms with Gasteiger partial charge in [-0.1, -0.05) is 30.3 Å². The Morgan fingerprint density at radius 3 is 2.85 bits per heavy atom. The zero-order chi connectivity index (χ0) is 14.1. The van der Waals surface area contributed by atoms with Gasteiger partial charge in [0.2, 0.25) is 5.91 Å². The van der Waals surface area contributed by atoms with Crippen molar-refractivity contribution >= 4 is 39.3 Å². The highest BCUT2D eigenvalue weighted by Gasteiger charge is 2.28. The maximum atomic E-state index is 12.4. The van der Waals surface area contributed by atoms with Gasteiger partial charge in [-0.2, -0.15) is 0 Å². The Balaban J connectivity index is 1.74. The lowest BCUT2D eigenvalue weighted by Gasteiger charge is -2.12. The van der Waals surface area contributed by atoms with E-state index in [-0.39, 0.29) is 11.2 Å². The van der Waals surface area contributed by atoms with Gasteiger partial charge in [-0.05, 0) is 52.5 Å². The Bertz CT molecular complexity index is 646. The highest BCUT2D eigenvalue weighted by Crippen LogP contribution is 2.37. The summed E-state index contributed by atoms with van der Waals surface area (Å²) in [6.45, 7) is 2.01. The summed E-state index contributed by atoms with van der Waals surface area (Å²) in [6, 6.07) is 14.1. The number of carbonyl (C=O) groups excluding carboxylic acids is 1. The average Bonchev–Trinajstić information content (AvgIpc) is 2.88. The van der Waals surface area contributed by atoms with E-state index >= 15 is 0 Å². The largest absolute Gasteiger partial charge is 0.324 e. The SMILES string of the molecule is Cc1cccc(NC(=O)C2Cc3ccccc3S2)c1Br. The Kier molecular flexibility index (Phi) is 3.85. The van der Waals surface area contributed by atoms with Crippen molar-refractivity contribution in [2.75, 3.05) is 5.32 Å². The molecule has 102 valence electrons. The van der Waals surface area contributed by atoms with Gasteiger partial charge in [0.25, 0.3) is 0 Å². The van der Waals surface area contributed by atoms with E-state index < -0.39 is 0 Å². The Morgan fingerprint density at radius 2 is 2.05 bits per heavy atom. The van der Waals surface area contributed by atoms with Gasteiger partial charge in [-0.15, -0.1) is 11.8 Å². The summed E-state index contributed by atoms with van der Waals surface area (Å²) < 4.78 is 0.953. The smallest absolute Gasteiger partial charge is 0.238 e. The molecule has 2 aromatic rings. The second-order valence-corrected chi connectivity index (χ2v) is 6.88. The number of carbonyl (C=O) groups is 1. The first-order valence-electron chi connectivity index (χ1n) is 6.45. The third-order valence-corrected chi connectivity index (χ3v) is 5.76. The average molecular weight is 348 g/mol. The van der Waals surface area contributed by atoms with E-state index in [1.165, 1.54) is 10.5 Å². The van der Waals surface area contributed by atoms with Crippen LogP contribution in [0.25, 0.3) is 0 Å². The van der Waals surface area contributed by atoms with Crippen molar-refractivity contribution in [2.45, 2.75) is 23.5 Å². The van der Waals surface area contributed by atoms with E-state index in [1.54, 1.807) is 11.8 Å². The van der Waals surface area contributed by atoms with Crippen LogP contribution in [-0.2, 0) is 11.2 Å². The number of thioether (sulfide) groups is 1. The van der Waals surface area contributed by atoms with Crippen LogP contribution in [0.5, 0.6) is 0 Å². The maximum absolute atomic E-state index is 12.4. The lowest BCUT2D eigenvalue weighted by atomic mass is 10.1. The van der Waals surface area contributed by atoms with Crippen molar-refractivity contribution in [3.8, 4) is 0 Å². The molecule has 0 fully saturated rings. The molecule has 20 heavy (non-hydrogen) atoms. The minimum Gasteiger partial charge on any atom is -0.324 e. The molecule has 1 atom stereocenters. The lowest BCUT2D eigenvalue weighted by molar-refractivity contribution is -0.115. The molecule has 0 saturated carbocycles. The standard InChI is InChI=1S/C16H14BrNOS/c1-10-5-4-7-12(15(10)17)18-16(19)14-9-11-6-2-3-8-13(11)20-14/h2-8,14H,9H2,1H3,(H,18,19). The van der Waals surface area contributed by atoms with Crippen molar-refractivity contribution in [1.82, 2.24) is 0 Å². The van der Waals surface area contributed by atoms with Gasteiger partial charge in [0, 0.05) is 9.37 Å². The Hall–Kier alpha value is -1.26. The first kappa shape index (κ1) is 13.7. The predicted molar refractivity (Wildman–Crippen MR) is 87.3 cm³/mol. The molecule has 0 saturated heterocycles. The molecule has 1 aliphatic rings. The number of anilines is 1. The van der Waals surface area contributed by atoms with Crippen molar-refractivity contribution in [3.63, 3.8) is 0 Å². The van der Waals surface area contributed by atoms with Gasteiger partial charge in [-0.25, -0.2) is 0 Å². The zero-order valence-electron chi connectivity index (χ0n) is 11.0. The summed E-state index contributed by atoms with van der Waals surface area (Å²) in [5, 5.41) is 2.98. The maximum Gasteiger partial charge on any atom is 0.238 e. The van der Waals surface area contributed by atoms with E-state index in [9.17, 15) is 4.79 Å². The third kappa shape index (κ3) is 2.63. The zero-order valence-corrected chi connectivity index (χ0v) is 13.4. The highest BCUT2D eigenvalue weighted by molar-refractivity contribution is 9.10. The van der Waals surface area contributed by atoms with Crippen LogP contribution in [0.4, 0.5) is 5.69 Å². The lowest BCUT2D eigenvalue weighted by Crippen LogP contribution is -2.24. The Labute approximate surface area is 131 Å². The molecule has 1 N–H and O–H groups in total. The van der Waals surface area contributed by atoms with Gasteiger partial charge in [0.05, 0.1) is 10.9 Å². The predicted octanol–water partition coefficient (Wildman–Crippen LogP) is 4.41. The molecule has 0 bridgehead atoms. The number of amides is 1. The first-order chi connectivity index (χ1) is 9.65. The number of aryl methyl sites for hydroxylation is 1. The summed E-state index contributed by atoms with van der Waals surface area (Å²) in [6.07, 6.45) is 0.802. The van der Waals surface area contributed by atoms with Crippen molar-refractivity contribution in [3.05, 3.63) is 58.1 Å². The molecule has 1 unspecified atom stereocenters. The molecule has 2 aromatic carbocycles. The summed E-state index contributed by atoms with van der Waals surface area (Å²) in [7, 11) is 0. The third-order valence-electron chi connectivity index (χ3n) is 3.39. The van der Waals surface area contributed by atoms with Gasteiger partial charge in [0.15, 0.2) is 0 Å². The van der Waals surface area contributed by atoms with E-state index in [0.717, 1.165) is 22.1 Å². The van der Waals surface area contributed by atoms with E-state index in [1.807, 2.05) is 37.3 Å². The molecule has 0 aromatic heterocycles. The van der Waals surface area contributed by atoms with Gasteiger partial charge >= 0.3 is 0 Å². The fraction of sp³-hybridized carbons (Fsp3) is 0.188. The van der Waals surface area contributed by atoms with E-state index in [0.29, 0.717) is 0 Å². The molecule has 0 radical (unpaired) electrons. The normalized spacial score (nSPS) is 16.8. The number of halogens is 1. The summed E-state index contributed by atoms with van der Waals surface area (Å²) in [5.41, 5.74) is 3.22. The fourth-order valence-electron chi connectivity index (χ4n) is 2.29. The minimum atomic E-state index is -0.0418. The van der Waals surface area contributed by atoms with E-state index in [4.69, 9.17) is 0 Å². The number of hydrogen-bond acceptors (Lipinski definition) is 2. The highest BCUT2D eigenvalue weighted by atomic mass is 79.9. The van der Waals surface area contributed by atoms with Crippen LogP contribution in [0, 0.1) is 6.92 Å². The molecular weight excluding hydrogens is 334 g/mol. The van der Waals surface area contributed by atoms with Crippen LogP contribution in [0.1, 0.15) is 11.1 Å². The van der Waals surface area contributed by atoms with Gasteiger partial charge < -0.3 is 5.32 Å². The van der Waals surface area contributed by atoms with Crippen molar-refractivity contribution < 1.29 is 4.79 Å². The Morgan fingerprint density at radius 1 is 1.25 bits per heavy atom. The van der Waals surface area contributed by atoms with E-state index in [2.05, 4.69) is 33.4 Å². The fourth-order valence-corrected chi connectivity index (χ4v) is 3.84. The van der Waals surface area contributed by atoms with Crippen LogP contribution < -0.4 is 5.32 Å². The first-order valence-corrected chi connectivity index (χ1v) is 8.13. The summed E-state index contributed by atoms with van der Waals surface area (Å²) in [4.78, 5) is 13.6. The quantitative estimate of drug-likeness (QED) is 0.871. The molecule has 1 aliphatic heterocycles. The molecule has 0 spiro atoms. The molecule has 4 heteroatoms. The van der Waals surface area contributed by atoms with Crippen LogP contribution >= 0.6 is 27.7 Å². The molecule has 0 aliphatic carbocycles. The summed E-state index contributed by atoms with van der Waals surface area (Å²) in [5.74, 6) is 0.0671. The van der Waals surface area contributed by atoms with Gasteiger partial charge in [-0.3, -0.25) is 4.79 Å². The number of rotatable bonds is 2. The molecule has 1 amide bonds. The number of hydrogen-bond donors (Lipinski definition) is 1. The van der Waals surface area contributed by atoms with Crippen molar-refractivity contribution in [2.24, 2.45) is 0 Å². The molecule has 1 heterocycles. The van der Waals surface area contributed by atoms with Crippen molar-refractivity contribution in [1.29, 1.82) is 0 Å². The number of benzene rings is 2. The molecule has 2 nitrogen and oxygen atoms in total. The van der Waals surface area contributed by atoms with Crippen LogP contribution in [0.2, 0.25) is 0 Å². The van der Waals surface area contributed by atoms with Crippen LogP contribution in [0.3, 0.4) is 0 Å². The summed E-state index contributed by atoms with van der Waals surface area (Å²) >= 11 is 5.17. The monoisotopic (exact) mass is 347 g/mol. The second-order valence-electron chi connectivity index (χ2n) is 4.84. The topological polar surface area (TPSA) is 29.1 Å². The number of nitrogens with one attached hydrogen (secondary N) is 1. The minimum absolute atomic E-state index is 0.0418. The van der Waals surface area contributed by atoms with Gasteiger partial charge in [0.1, 0.15) is 0 Å². The van der Waals surface area contributed by atoms with Crippen LogP contribution in [-0.4, -0.2) is 11.2 Å². The van der Waals surface area contributed by atoms with Crippen LogP contribution in [0.15, 0.2) is 51.8 Å².